The maximum atomic E-state index is 12.8. The summed E-state index contributed by atoms with van der Waals surface area (Å²) >= 11 is 1.54. The minimum absolute atomic E-state index is 0.0132. The highest BCUT2D eigenvalue weighted by atomic mass is 32.1. The van der Waals surface area contributed by atoms with E-state index in [9.17, 15) is 4.39 Å². The molecule has 0 aliphatic rings. The maximum absolute atomic E-state index is 12.8. The molecule has 1 heterocycles. The van der Waals surface area contributed by atoms with Gasteiger partial charge in [0.1, 0.15) is 5.82 Å². The molecule has 0 fully saturated rings. The van der Waals surface area contributed by atoms with E-state index in [1.165, 1.54) is 17.4 Å². The third kappa shape index (κ3) is 1.45. The minimum atomic E-state index is -0.189. The summed E-state index contributed by atoms with van der Waals surface area (Å²) in [5, 5.41) is 3.07. The van der Waals surface area contributed by atoms with Gasteiger partial charge in [-0.25, -0.2) is 4.39 Å². The average molecular weight is 195 g/mol. The SMILES string of the molecule is CC(N)c1csc2cc(F)ccc12. The smallest absolute Gasteiger partial charge is 0.124 e. The van der Waals surface area contributed by atoms with Crippen LogP contribution in [-0.2, 0) is 0 Å². The summed E-state index contributed by atoms with van der Waals surface area (Å²) in [6.07, 6.45) is 0. The van der Waals surface area contributed by atoms with Crippen molar-refractivity contribution in [3.8, 4) is 0 Å². The number of halogens is 1. The van der Waals surface area contributed by atoms with Crippen molar-refractivity contribution >= 4 is 21.4 Å². The lowest BCUT2D eigenvalue weighted by molar-refractivity contribution is 0.630. The van der Waals surface area contributed by atoms with Gasteiger partial charge in [-0.1, -0.05) is 6.07 Å². The van der Waals surface area contributed by atoms with Gasteiger partial charge in [0.15, 0.2) is 0 Å². The van der Waals surface area contributed by atoms with Crippen molar-refractivity contribution in [2.75, 3.05) is 0 Å². The van der Waals surface area contributed by atoms with Gasteiger partial charge in [-0.2, -0.15) is 0 Å². The zero-order valence-corrected chi connectivity index (χ0v) is 8.07. The number of thiophene rings is 1. The fraction of sp³-hybridized carbons (Fsp3) is 0.200. The van der Waals surface area contributed by atoms with Gasteiger partial charge in [0, 0.05) is 10.7 Å². The fourth-order valence-electron chi connectivity index (χ4n) is 1.38. The van der Waals surface area contributed by atoms with Crippen LogP contribution >= 0.6 is 11.3 Å². The molecule has 0 saturated carbocycles. The van der Waals surface area contributed by atoms with Gasteiger partial charge >= 0.3 is 0 Å². The molecule has 13 heavy (non-hydrogen) atoms. The summed E-state index contributed by atoms with van der Waals surface area (Å²) in [6.45, 7) is 1.94. The van der Waals surface area contributed by atoms with Crippen molar-refractivity contribution in [2.45, 2.75) is 13.0 Å². The van der Waals surface area contributed by atoms with Crippen molar-refractivity contribution in [3.05, 3.63) is 35.0 Å². The molecular formula is C10H10FNS. The lowest BCUT2D eigenvalue weighted by atomic mass is 10.1. The predicted octanol–water partition coefficient (Wildman–Crippen LogP) is 3.06. The molecule has 2 N–H and O–H groups in total. The Balaban J connectivity index is 2.69. The zero-order chi connectivity index (χ0) is 9.42. The Morgan fingerprint density at radius 2 is 2.23 bits per heavy atom. The molecule has 1 aromatic carbocycles. The molecule has 0 aliphatic carbocycles. The van der Waals surface area contributed by atoms with E-state index in [2.05, 4.69) is 0 Å². The largest absolute Gasteiger partial charge is 0.324 e. The summed E-state index contributed by atoms with van der Waals surface area (Å²) in [4.78, 5) is 0. The van der Waals surface area contributed by atoms with Gasteiger partial charge in [0.2, 0.25) is 0 Å². The number of fused-ring (bicyclic) bond motifs is 1. The molecule has 3 heteroatoms. The number of hydrogen-bond acceptors (Lipinski definition) is 2. The van der Waals surface area contributed by atoms with Crippen LogP contribution in [0.1, 0.15) is 18.5 Å². The first kappa shape index (κ1) is 8.66. The minimum Gasteiger partial charge on any atom is -0.324 e. The van der Waals surface area contributed by atoms with Crippen LogP contribution in [0.4, 0.5) is 4.39 Å². The first-order valence-electron chi connectivity index (χ1n) is 4.10. The number of nitrogens with two attached hydrogens (primary N) is 1. The molecule has 0 aliphatic heterocycles. The van der Waals surface area contributed by atoms with Gasteiger partial charge in [0.05, 0.1) is 0 Å². The highest BCUT2D eigenvalue weighted by Crippen LogP contribution is 2.29. The Kier molecular flexibility index (Phi) is 2.06. The second kappa shape index (κ2) is 3.09. The van der Waals surface area contributed by atoms with Crippen LogP contribution in [0.5, 0.6) is 0 Å². The van der Waals surface area contributed by atoms with Crippen LogP contribution in [0.3, 0.4) is 0 Å². The van der Waals surface area contributed by atoms with Gasteiger partial charge in [-0.15, -0.1) is 11.3 Å². The van der Waals surface area contributed by atoms with E-state index < -0.39 is 0 Å². The molecule has 0 radical (unpaired) electrons. The Morgan fingerprint density at radius 1 is 1.46 bits per heavy atom. The standard InChI is InChI=1S/C10H10FNS/c1-6(12)9-5-13-10-4-7(11)2-3-8(9)10/h2-6H,12H2,1H3. The summed E-state index contributed by atoms with van der Waals surface area (Å²) in [5.74, 6) is -0.189. The second-order valence-electron chi connectivity index (χ2n) is 3.12. The number of hydrogen-bond donors (Lipinski definition) is 1. The highest BCUT2D eigenvalue weighted by Gasteiger charge is 2.07. The first-order valence-corrected chi connectivity index (χ1v) is 4.98. The Hall–Kier alpha value is -0.930. The molecule has 1 atom stereocenters. The van der Waals surface area contributed by atoms with Crippen molar-refractivity contribution in [2.24, 2.45) is 5.73 Å². The molecular weight excluding hydrogens is 185 g/mol. The predicted molar refractivity (Wildman–Crippen MR) is 54.4 cm³/mol. The van der Waals surface area contributed by atoms with E-state index in [1.54, 1.807) is 12.1 Å². The number of benzene rings is 1. The summed E-state index contributed by atoms with van der Waals surface area (Å²) < 4.78 is 13.8. The molecule has 2 aromatic rings. The van der Waals surface area contributed by atoms with E-state index in [1.807, 2.05) is 12.3 Å². The van der Waals surface area contributed by atoms with Crippen LogP contribution in [0.2, 0.25) is 0 Å². The van der Waals surface area contributed by atoms with Crippen LogP contribution in [0.15, 0.2) is 23.6 Å². The molecule has 0 bridgehead atoms. The normalized spacial score (nSPS) is 13.5. The first-order chi connectivity index (χ1) is 6.18. The molecule has 68 valence electrons. The molecule has 1 nitrogen and oxygen atoms in total. The van der Waals surface area contributed by atoms with Gasteiger partial charge in [-0.05, 0) is 35.4 Å². The summed E-state index contributed by atoms with van der Waals surface area (Å²) in [5.41, 5.74) is 6.87. The highest BCUT2D eigenvalue weighted by molar-refractivity contribution is 7.17. The van der Waals surface area contributed by atoms with Crippen LogP contribution in [-0.4, -0.2) is 0 Å². The van der Waals surface area contributed by atoms with Crippen molar-refractivity contribution in [3.63, 3.8) is 0 Å². The van der Waals surface area contributed by atoms with E-state index in [0.717, 1.165) is 15.6 Å². The quantitative estimate of drug-likeness (QED) is 0.743. The maximum Gasteiger partial charge on any atom is 0.124 e. The third-order valence-electron chi connectivity index (χ3n) is 2.06. The molecule has 2 rings (SSSR count). The second-order valence-corrected chi connectivity index (χ2v) is 4.03. The van der Waals surface area contributed by atoms with E-state index >= 15 is 0 Å². The molecule has 0 saturated heterocycles. The monoisotopic (exact) mass is 195 g/mol. The van der Waals surface area contributed by atoms with Gasteiger partial charge in [-0.3, -0.25) is 0 Å². The molecule has 0 amide bonds. The van der Waals surface area contributed by atoms with E-state index in [-0.39, 0.29) is 11.9 Å². The van der Waals surface area contributed by atoms with E-state index in [4.69, 9.17) is 5.73 Å². The van der Waals surface area contributed by atoms with Crippen molar-refractivity contribution in [1.82, 2.24) is 0 Å². The summed E-state index contributed by atoms with van der Waals surface area (Å²) in [7, 11) is 0. The molecule has 1 aromatic heterocycles. The Labute approximate surface area is 80.0 Å². The lowest BCUT2D eigenvalue weighted by Gasteiger charge is -2.02. The zero-order valence-electron chi connectivity index (χ0n) is 7.25. The summed E-state index contributed by atoms with van der Waals surface area (Å²) in [6, 6.07) is 4.83. The van der Waals surface area contributed by atoms with Crippen molar-refractivity contribution < 1.29 is 4.39 Å². The fourth-order valence-corrected chi connectivity index (χ4v) is 2.46. The van der Waals surface area contributed by atoms with Gasteiger partial charge in [0.25, 0.3) is 0 Å². The topological polar surface area (TPSA) is 26.0 Å². The van der Waals surface area contributed by atoms with Crippen LogP contribution in [0.25, 0.3) is 10.1 Å². The van der Waals surface area contributed by atoms with Crippen molar-refractivity contribution in [1.29, 1.82) is 0 Å². The molecule has 0 spiro atoms. The average Bonchev–Trinajstić information content (AvgIpc) is 2.46. The third-order valence-corrected chi connectivity index (χ3v) is 3.02. The molecule has 1 unspecified atom stereocenters. The Bertz CT molecular complexity index is 433. The lowest BCUT2D eigenvalue weighted by Crippen LogP contribution is -2.03. The van der Waals surface area contributed by atoms with Crippen LogP contribution in [0, 0.1) is 5.82 Å². The Morgan fingerprint density at radius 3 is 2.92 bits per heavy atom. The van der Waals surface area contributed by atoms with Gasteiger partial charge < -0.3 is 5.73 Å². The number of rotatable bonds is 1. The van der Waals surface area contributed by atoms with E-state index in [0.29, 0.717) is 0 Å². The van der Waals surface area contributed by atoms with Crippen LogP contribution < -0.4 is 5.73 Å².